The molecule has 0 radical (unpaired) electrons. The lowest BCUT2D eigenvalue weighted by molar-refractivity contribution is -0.130. The summed E-state index contributed by atoms with van der Waals surface area (Å²) in [5.74, 6) is 0.767. The maximum atomic E-state index is 12.5. The van der Waals surface area contributed by atoms with Gasteiger partial charge in [-0.3, -0.25) is 9.69 Å². The molecule has 27 heavy (non-hydrogen) atoms. The molecule has 138 valence electrons. The minimum atomic E-state index is 0.245. The van der Waals surface area contributed by atoms with E-state index in [4.69, 9.17) is 0 Å². The number of piperazine rings is 1. The molecule has 4 rings (SSSR count). The fraction of sp³-hybridized carbons (Fsp3) is 0.261. The van der Waals surface area contributed by atoms with Gasteiger partial charge in [0.05, 0.1) is 5.75 Å². The van der Waals surface area contributed by atoms with Gasteiger partial charge in [-0.1, -0.05) is 54.6 Å². The standard InChI is InChI=1S/C23H24N2OS/c26-23(18-27-22-8-2-1-3-9-22)25-14-12-24(13-15-25)17-19-10-11-20-6-4-5-7-21(20)16-19/h1-11,16H,12-15,17-18H2. The van der Waals surface area contributed by atoms with Crippen LogP contribution in [0.15, 0.2) is 77.7 Å². The average Bonchev–Trinajstić information content (AvgIpc) is 2.73. The fourth-order valence-corrected chi connectivity index (χ4v) is 4.33. The van der Waals surface area contributed by atoms with Gasteiger partial charge >= 0.3 is 0 Å². The van der Waals surface area contributed by atoms with Crippen LogP contribution in [0.3, 0.4) is 0 Å². The largest absolute Gasteiger partial charge is 0.339 e. The van der Waals surface area contributed by atoms with Crippen LogP contribution in [0.5, 0.6) is 0 Å². The molecule has 1 saturated heterocycles. The third kappa shape index (κ3) is 4.71. The Hall–Kier alpha value is -2.30. The van der Waals surface area contributed by atoms with Gasteiger partial charge in [0.1, 0.15) is 0 Å². The van der Waals surface area contributed by atoms with Crippen LogP contribution in [0.2, 0.25) is 0 Å². The number of thioether (sulfide) groups is 1. The smallest absolute Gasteiger partial charge is 0.233 e. The van der Waals surface area contributed by atoms with Crippen LogP contribution in [0.4, 0.5) is 0 Å². The van der Waals surface area contributed by atoms with Crippen LogP contribution in [0, 0.1) is 0 Å². The normalized spacial score (nSPS) is 15.2. The zero-order valence-corrected chi connectivity index (χ0v) is 16.2. The molecule has 4 heteroatoms. The highest BCUT2D eigenvalue weighted by atomic mass is 32.2. The number of benzene rings is 3. The van der Waals surface area contributed by atoms with Crippen molar-refractivity contribution >= 4 is 28.4 Å². The SMILES string of the molecule is O=C(CSc1ccccc1)N1CCN(Cc2ccc3ccccc3c2)CC1. The molecular weight excluding hydrogens is 352 g/mol. The summed E-state index contributed by atoms with van der Waals surface area (Å²) in [6.45, 7) is 4.47. The number of fused-ring (bicyclic) bond motifs is 1. The van der Waals surface area contributed by atoms with E-state index >= 15 is 0 Å². The highest BCUT2D eigenvalue weighted by Crippen LogP contribution is 2.19. The van der Waals surface area contributed by atoms with Gasteiger partial charge < -0.3 is 4.90 Å². The van der Waals surface area contributed by atoms with Gasteiger partial charge in [-0.25, -0.2) is 0 Å². The van der Waals surface area contributed by atoms with Gasteiger partial charge in [0.2, 0.25) is 5.91 Å². The van der Waals surface area contributed by atoms with Crippen molar-refractivity contribution < 1.29 is 4.79 Å². The van der Waals surface area contributed by atoms with E-state index in [1.54, 1.807) is 11.8 Å². The van der Waals surface area contributed by atoms with Crippen molar-refractivity contribution in [3.63, 3.8) is 0 Å². The van der Waals surface area contributed by atoms with Crippen molar-refractivity contribution in [1.82, 2.24) is 9.80 Å². The Bertz CT molecular complexity index is 904. The predicted octanol–water partition coefficient (Wildman–Crippen LogP) is 4.28. The van der Waals surface area contributed by atoms with Crippen LogP contribution in [-0.2, 0) is 11.3 Å². The molecule has 1 heterocycles. The van der Waals surface area contributed by atoms with E-state index in [9.17, 15) is 4.79 Å². The summed E-state index contributed by atoms with van der Waals surface area (Å²) < 4.78 is 0. The Morgan fingerprint density at radius 3 is 2.30 bits per heavy atom. The van der Waals surface area contributed by atoms with Crippen molar-refractivity contribution in [3.8, 4) is 0 Å². The zero-order chi connectivity index (χ0) is 18.5. The molecule has 3 nitrogen and oxygen atoms in total. The highest BCUT2D eigenvalue weighted by Gasteiger charge is 2.21. The molecule has 1 aliphatic heterocycles. The number of rotatable bonds is 5. The first-order valence-electron chi connectivity index (χ1n) is 9.43. The molecule has 3 aromatic carbocycles. The van der Waals surface area contributed by atoms with Gasteiger partial charge in [-0.15, -0.1) is 11.8 Å². The fourth-order valence-electron chi connectivity index (χ4n) is 3.50. The summed E-state index contributed by atoms with van der Waals surface area (Å²) in [6.07, 6.45) is 0. The number of carbonyl (C=O) groups excluding carboxylic acids is 1. The summed E-state index contributed by atoms with van der Waals surface area (Å²) in [4.78, 5) is 18.1. The van der Waals surface area contributed by atoms with Crippen LogP contribution in [0.1, 0.15) is 5.56 Å². The second kappa shape index (κ2) is 8.59. The number of hydrogen-bond donors (Lipinski definition) is 0. The number of amides is 1. The van der Waals surface area contributed by atoms with Gasteiger partial charge in [0, 0.05) is 37.6 Å². The van der Waals surface area contributed by atoms with E-state index in [1.165, 1.54) is 16.3 Å². The highest BCUT2D eigenvalue weighted by molar-refractivity contribution is 8.00. The predicted molar refractivity (Wildman–Crippen MR) is 113 cm³/mol. The van der Waals surface area contributed by atoms with Crippen LogP contribution in [0.25, 0.3) is 10.8 Å². The topological polar surface area (TPSA) is 23.6 Å². The monoisotopic (exact) mass is 376 g/mol. The van der Waals surface area contributed by atoms with Gasteiger partial charge in [-0.2, -0.15) is 0 Å². The van der Waals surface area contributed by atoms with Crippen molar-refractivity contribution in [2.75, 3.05) is 31.9 Å². The maximum absolute atomic E-state index is 12.5. The lowest BCUT2D eigenvalue weighted by Gasteiger charge is -2.34. The Kier molecular flexibility index (Phi) is 5.75. The van der Waals surface area contributed by atoms with E-state index < -0.39 is 0 Å². The Morgan fingerprint density at radius 2 is 1.52 bits per heavy atom. The van der Waals surface area contributed by atoms with Crippen LogP contribution in [-0.4, -0.2) is 47.6 Å². The lowest BCUT2D eigenvalue weighted by atomic mass is 10.1. The van der Waals surface area contributed by atoms with Crippen LogP contribution < -0.4 is 0 Å². The first kappa shape index (κ1) is 18.1. The summed E-state index contributed by atoms with van der Waals surface area (Å²) in [6, 6.07) is 25.3. The van der Waals surface area contributed by atoms with E-state index in [0.717, 1.165) is 37.6 Å². The third-order valence-corrected chi connectivity index (χ3v) is 6.05. The third-order valence-electron chi connectivity index (χ3n) is 5.05. The van der Waals surface area contributed by atoms with Crippen molar-refractivity contribution in [2.45, 2.75) is 11.4 Å². The molecule has 0 spiro atoms. The molecule has 0 unspecified atom stereocenters. The summed E-state index contributed by atoms with van der Waals surface area (Å²) in [5, 5.41) is 2.58. The van der Waals surface area contributed by atoms with E-state index in [1.807, 2.05) is 23.1 Å². The summed E-state index contributed by atoms with van der Waals surface area (Å²) >= 11 is 1.62. The van der Waals surface area contributed by atoms with E-state index in [2.05, 4.69) is 59.5 Å². The van der Waals surface area contributed by atoms with Gasteiger partial charge in [0.15, 0.2) is 0 Å². The number of hydrogen-bond acceptors (Lipinski definition) is 3. The second-order valence-electron chi connectivity index (χ2n) is 6.94. The molecule has 1 aliphatic rings. The van der Waals surface area contributed by atoms with Gasteiger partial charge in [-0.05, 0) is 34.5 Å². The lowest BCUT2D eigenvalue weighted by Crippen LogP contribution is -2.48. The minimum Gasteiger partial charge on any atom is -0.339 e. The molecule has 0 saturated carbocycles. The zero-order valence-electron chi connectivity index (χ0n) is 15.4. The molecule has 0 aromatic heterocycles. The quantitative estimate of drug-likeness (QED) is 0.621. The molecule has 1 amide bonds. The number of nitrogens with zero attached hydrogens (tertiary/aromatic N) is 2. The molecule has 0 bridgehead atoms. The molecule has 3 aromatic rings. The van der Waals surface area contributed by atoms with E-state index in [0.29, 0.717) is 5.75 Å². The maximum Gasteiger partial charge on any atom is 0.233 e. The van der Waals surface area contributed by atoms with Gasteiger partial charge in [0.25, 0.3) is 0 Å². The average molecular weight is 377 g/mol. The first-order chi connectivity index (χ1) is 13.3. The second-order valence-corrected chi connectivity index (χ2v) is 7.99. The molecule has 0 N–H and O–H groups in total. The molecular formula is C23H24N2OS. The molecule has 0 atom stereocenters. The summed E-state index contributed by atoms with van der Waals surface area (Å²) in [7, 11) is 0. The Labute approximate surface area is 165 Å². The van der Waals surface area contributed by atoms with Crippen molar-refractivity contribution in [3.05, 3.63) is 78.4 Å². The minimum absolute atomic E-state index is 0.245. The van der Waals surface area contributed by atoms with Crippen molar-refractivity contribution in [1.29, 1.82) is 0 Å². The Morgan fingerprint density at radius 1 is 0.815 bits per heavy atom. The Balaban J connectivity index is 1.27. The summed E-state index contributed by atoms with van der Waals surface area (Å²) in [5.41, 5.74) is 1.34. The molecule has 1 fully saturated rings. The molecule has 0 aliphatic carbocycles. The van der Waals surface area contributed by atoms with E-state index in [-0.39, 0.29) is 5.91 Å². The first-order valence-corrected chi connectivity index (χ1v) is 10.4. The van der Waals surface area contributed by atoms with Crippen LogP contribution >= 0.6 is 11.8 Å². The van der Waals surface area contributed by atoms with Crippen molar-refractivity contribution in [2.24, 2.45) is 0 Å². The number of carbonyl (C=O) groups is 1.